The maximum absolute atomic E-state index is 13.7. The lowest BCUT2D eigenvalue weighted by Gasteiger charge is -2.45. The Balaban J connectivity index is 1.62. The molecule has 3 heterocycles. The first-order valence-corrected chi connectivity index (χ1v) is 9.38. The molecular weight excluding hydrogens is 300 g/mol. The number of nitrogens with zero attached hydrogens (tertiary/aromatic N) is 1. The van der Waals surface area contributed by atoms with E-state index >= 15 is 0 Å². The monoisotopic (exact) mass is 328 g/mol. The zero-order valence-corrected chi connectivity index (χ0v) is 14.4. The second-order valence-corrected chi connectivity index (χ2v) is 7.82. The molecule has 0 aromatic heterocycles. The number of likely N-dealkylation sites (tertiary alicyclic amines) is 1. The molecule has 3 fully saturated rings. The molecule has 130 valence electrons. The summed E-state index contributed by atoms with van der Waals surface area (Å²) in [5.74, 6) is 0.336. The van der Waals surface area contributed by atoms with E-state index in [1.807, 2.05) is 6.07 Å². The Morgan fingerprint density at radius 3 is 2.58 bits per heavy atom. The van der Waals surface area contributed by atoms with Crippen LogP contribution in [0.25, 0.3) is 0 Å². The fraction of sp³-hybridized carbons (Fsp3) is 0.650. The number of ether oxygens (including phenoxy) is 1. The van der Waals surface area contributed by atoms with Gasteiger partial charge < -0.3 is 15.0 Å². The van der Waals surface area contributed by atoms with Crippen LogP contribution in [-0.4, -0.2) is 50.2 Å². The van der Waals surface area contributed by atoms with Gasteiger partial charge in [0.2, 0.25) is 5.91 Å². The van der Waals surface area contributed by atoms with Gasteiger partial charge in [-0.15, -0.1) is 0 Å². The van der Waals surface area contributed by atoms with Crippen LogP contribution in [0.1, 0.15) is 37.7 Å². The van der Waals surface area contributed by atoms with Gasteiger partial charge in [0, 0.05) is 38.3 Å². The Kier molecular flexibility index (Phi) is 4.35. The summed E-state index contributed by atoms with van der Waals surface area (Å²) in [6.45, 7) is 5.37. The van der Waals surface area contributed by atoms with Gasteiger partial charge in [0.05, 0.1) is 5.41 Å². The zero-order valence-electron chi connectivity index (χ0n) is 14.4. The lowest BCUT2D eigenvalue weighted by molar-refractivity contribution is -0.144. The Hall–Kier alpha value is -1.39. The molecule has 1 atom stereocenters. The summed E-state index contributed by atoms with van der Waals surface area (Å²) in [7, 11) is 0. The van der Waals surface area contributed by atoms with E-state index in [0.717, 1.165) is 45.4 Å². The van der Waals surface area contributed by atoms with E-state index in [9.17, 15) is 4.79 Å². The molecule has 4 rings (SSSR count). The van der Waals surface area contributed by atoms with Crippen molar-refractivity contribution in [2.24, 2.45) is 5.41 Å². The van der Waals surface area contributed by atoms with Gasteiger partial charge in [-0.25, -0.2) is 0 Å². The molecule has 0 radical (unpaired) electrons. The average molecular weight is 328 g/mol. The minimum absolute atomic E-state index is 0.316. The summed E-state index contributed by atoms with van der Waals surface area (Å²) in [5.41, 5.74) is 1.10. The van der Waals surface area contributed by atoms with Crippen molar-refractivity contribution in [2.75, 3.05) is 39.4 Å². The molecule has 4 nitrogen and oxygen atoms in total. The fourth-order valence-corrected chi connectivity index (χ4v) is 4.93. The number of hydrogen-bond acceptors (Lipinski definition) is 3. The zero-order chi connectivity index (χ0) is 16.5. The van der Waals surface area contributed by atoms with E-state index < -0.39 is 0 Å². The number of nitrogens with one attached hydrogen (secondary N) is 1. The minimum atomic E-state index is -0.385. The molecule has 3 saturated heterocycles. The Morgan fingerprint density at radius 2 is 1.88 bits per heavy atom. The molecule has 1 spiro atoms. The number of carbonyl (C=O) groups excluding carboxylic acids is 1. The molecule has 0 aliphatic carbocycles. The van der Waals surface area contributed by atoms with Crippen LogP contribution in [0.3, 0.4) is 0 Å². The third kappa shape index (κ3) is 2.76. The number of piperidine rings is 1. The van der Waals surface area contributed by atoms with Gasteiger partial charge in [-0.05, 0) is 44.2 Å². The van der Waals surface area contributed by atoms with Gasteiger partial charge in [-0.2, -0.15) is 0 Å². The van der Waals surface area contributed by atoms with Gasteiger partial charge in [-0.3, -0.25) is 4.79 Å². The normalized spacial score (nSPS) is 29.8. The van der Waals surface area contributed by atoms with Crippen molar-refractivity contribution in [3.8, 4) is 0 Å². The summed E-state index contributed by atoms with van der Waals surface area (Å²) in [6.07, 6.45) is 5.20. The highest BCUT2D eigenvalue weighted by molar-refractivity contribution is 5.88. The average Bonchev–Trinajstić information content (AvgIpc) is 3.10. The van der Waals surface area contributed by atoms with Gasteiger partial charge in [0.15, 0.2) is 0 Å². The van der Waals surface area contributed by atoms with Gasteiger partial charge >= 0.3 is 0 Å². The molecule has 0 bridgehead atoms. The SMILES string of the molecule is O=C(N1CCCC2(CCNC2)C1)C1(c2ccccc2)CCOCC1. The van der Waals surface area contributed by atoms with Crippen LogP contribution in [0.2, 0.25) is 0 Å². The van der Waals surface area contributed by atoms with Crippen molar-refractivity contribution in [2.45, 2.75) is 37.5 Å². The van der Waals surface area contributed by atoms with Crippen molar-refractivity contribution < 1.29 is 9.53 Å². The summed E-state index contributed by atoms with van der Waals surface area (Å²) in [4.78, 5) is 15.8. The summed E-state index contributed by atoms with van der Waals surface area (Å²) in [6, 6.07) is 10.4. The predicted octanol–water partition coefficient (Wildman–Crippen LogP) is 2.34. The Morgan fingerprint density at radius 1 is 1.08 bits per heavy atom. The first-order chi connectivity index (χ1) is 11.7. The van der Waals surface area contributed by atoms with Gasteiger partial charge in [0.25, 0.3) is 0 Å². The van der Waals surface area contributed by atoms with Crippen LogP contribution in [0.4, 0.5) is 0 Å². The van der Waals surface area contributed by atoms with Crippen molar-refractivity contribution in [1.82, 2.24) is 10.2 Å². The van der Waals surface area contributed by atoms with E-state index in [-0.39, 0.29) is 5.41 Å². The lowest BCUT2D eigenvalue weighted by Crippen LogP contribution is -2.55. The summed E-state index contributed by atoms with van der Waals surface area (Å²) < 4.78 is 5.60. The highest BCUT2D eigenvalue weighted by Crippen LogP contribution is 2.41. The maximum atomic E-state index is 13.7. The summed E-state index contributed by atoms with van der Waals surface area (Å²) >= 11 is 0. The van der Waals surface area contributed by atoms with Crippen LogP contribution < -0.4 is 5.32 Å². The van der Waals surface area contributed by atoms with Crippen LogP contribution in [0.15, 0.2) is 30.3 Å². The molecule has 4 heteroatoms. The molecule has 3 aliphatic heterocycles. The lowest BCUT2D eigenvalue weighted by atomic mass is 9.71. The predicted molar refractivity (Wildman–Crippen MR) is 93.9 cm³/mol. The minimum Gasteiger partial charge on any atom is -0.381 e. The fourth-order valence-electron chi connectivity index (χ4n) is 4.93. The highest BCUT2D eigenvalue weighted by atomic mass is 16.5. The van der Waals surface area contributed by atoms with Gasteiger partial charge in [-0.1, -0.05) is 30.3 Å². The topological polar surface area (TPSA) is 41.6 Å². The van der Waals surface area contributed by atoms with Crippen LogP contribution >= 0.6 is 0 Å². The van der Waals surface area contributed by atoms with E-state index in [1.54, 1.807) is 0 Å². The number of amides is 1. The number of carbonyl (C=O) groups is 1. The van der Waals surface area contributed by atoms with Crippen LogP contribution in [-0.2, 0) is 14.9 Å². The molecule has 1 unspecified atom stereocenters. The standard InChI is InChI=1S/C20H28N2O2/c23-18(22-12-4-7-19(16-22)8-11-21-15-19)20(9-13-24-14-10-20)17-5-2-1-3-6-17/h1-3,5-6,21H,4,7-16H2. The van der Waals surface area contributed by atoms with Crippen molar-refractivity contribution >= 4 is 5.91 Å². The van der Waals surface area contributed by atoms with E-state index in [4.69, 9.17) is 4.74 Å². The van der Waals surface area contributed by atoms with E-state index in [1.165, 1.54) is 18.4 Å². The molecule has 1 aromatic rings. The van der Waals surface area contributed by atoms with Crippen molar-refractivity contribution in [1.29, 1.82) is 0 Å². The van der Waals surface area contributed by atoms with Crippen molar-refractivity contribution in [3.05, 3.63) is 35.9 Å². The molecule has 0 saturated carbocycles. The molecular formula is C20H28N2O2. The number of hydrogen-bond donors (Lipinski definition) is 1. The van der Waals surface area contributed by atoms with E-state index in [0.29, 0.717) is 24.5 Å². The van der Waals surface area contributed by atoms with Crippen molar-refractivity contribution in [3.63, 3.8) is 0 Å². The Bertz CT molecular complexity index is 575. The number of rotatable bonds is 2. The smallest absolute Gasteiger partial charge is 0.233 e. The molecule has 1 amide bonds. The molecule has 1 aromatic carbocycles. The second kappa shape index (κ2) is 6.49. The first-order valence-electron chi connectivity index (χ1n) is 9.38. The molecule has 24 heavy (non-hydrogen) atoms. The largest absolute Gasteiger partial charge is 0.381 e. The first kappa shape index (κ1) is 16.1. The second-order valence-electron chi connectivity index (χ2n) is 7.82. The quantitative estimate of drug-likeness (QED) is 0.906. The van der Waals surface area contributed by atoms with Crippen LogP contribution in [0, 0.1) is 5.41 Å². The number of benzene rings is 1. The van der Waals surface area contributed by atoms with Gasteiger partial charge in [0.1, 0.15) is 0 Å². The summed E-state index contributed by atoms with van der Waals surface area (Å²) in [5, 5.41) is 3.51. The third-order valence-electron chi connectivity index (χ3n) is 6.36. The van der Waals surface area contributed by atoms with Crippen LogP contribution in [0.5, 0.6) is 0 Å². The maximum Gasteiger partial charge on any atom is 0.233 e. The highest BCUT2D eigenvalue weighted by Gasteiger charge is 2.47. The van der Waals surface area contributed by atoms with E-state index in [2.05, 4.69) is 34.5 Å². The third-order valence-corrected chi connectivity index (χ3v) is 6.36. The molecule has 1 N–H and O–H groups in total. The Labute approximate surface area is 144 Å². The molecule has 3 aliphatic rings.